The van der Waals surface area contributed by atoms with Crippen molar-refractivity contribution in [3.63, 3.8) is 0 Å². The van der Waals surface area contributed by atoms with E-state index in [1.54, 1.807) is 0 Å². The maximum atomic E-state index is 4.47. The Morgan fingerprint density at radius 1 is 1.15 bits per heavy atom. The monoisotopic (exact) mass is 330 g/mol. The quantitative estimate of drug-likeness (QED) is 0.849. The molecule has 0 unspecified atom stereocenters. The topological polar surface area (TPSA) is 41.4 Å². The van der Waals surface area contributed by atoms with E-state index in [0.29, 0.717) is 6.54 Å². The molecule has 0 bridgehead atoms. The van der Waals surface area contributed by atoms with Crippen molar-refractivity contribution in [3.05, 3.63) is 57.1 Å². The largest absolute Gasteiger partial charge is 0.285 e. The van der Waals surface area contributed by atoms with E-state index in [1.165, 1.54) is 5.56 Å². The number of halogens is 1. The zero-order valence-electron chi connectivity index (χ0n) is 11.5. The molecule has 0 aliphatic carbocycles. The molecule has 0 fully saturated rings. The van der Waals surface area contributed by atoms with Crippen LogP contribution in [0, 0.1) is 13.8 Å². The number of nitrogens with zero attached hydrogens (tertiary/aromatic N) is 4. The minimum Gasteiger partial charge on any atom is -0.285 e. The Balaban J connectivity index is 1.79. The predicted molar refractivity (Wildman–Crippen MR) is 82.5 cm³/mol. The Labute approximate surface area is 126 Å². The zero-order valence-corrected chi connectivity index (χ0v) is 13.1. The Kier molecular flexibility index (Phi) is 3.53. The molecular formula is C15H15BrN4. The van der Waals surface area contributed by atoms with Crippen LogP contribution in [0.4, 0.5) is 0 Å². The highest BCUT2D eigenvalue weighted by Gasteiger charge is 2.13. The summed E-state index contributed by atoms with van der Waals surface area (Å²) < 4.78 is 1.08. The molecule has 3 rings (SSSR count). The van der Waals surface area contributed by atoms with E-state index in [1.807, 2.05) is 31.1 Å². The van der Waals surface area contributed by atoms with Gasteiger partial charge in [-0.25, -0.2) is 9.97 Å². The second-order valence-electron chi connectivity index (χ2n) is 4.98. The Hall–Kier alpha value is -1.75. The number of fused-ring (bicyclic) bond motifs is 1. The molecule has 1 aromatic carbocycles. The number of aryl methyl sites for hydroxylation is 2. The molecular weight excluding hydrogens is 316 g/mol. The number of hydrogen-bond acceptors (Lipinski definition) is 4. The Bertz CT molecular complexity index is 661. The SMILES string of the molecule is Cc1cc(C)nc(CN2Cc3ccc(Br)cc3C=N2)n1. The molecule has 1 aliphatic rings. The van der Waals surface area contributed by atoms with Gasteiger partial charge in [0.05, 0.1) is 19.3 Å². The lowest BCUT2D eigenvalue weighted by molar-refractivity contribution is 0.260. The third kappa shape index (κ3) is 2.88. The van der Waals surface area contributed by atoms with Crippen molar-refractivity contribution in [2.75, 3.05) is 0 Å². The van der Waals surface area contributed by atoms with Gasteiger partial charge in [-0.05, 0) is 37.6 Å². The first-order valence-electron chi connectivity index (χ1n) is 6.49. The molecule has 0 saturated carbocycles. The van der Waals surface area contributed by atoms with Gasteiger partial charge in [0.15, 0.2) is 0 Å². The van der Waals surface area contributed by atoms with Crippen LogP contribution in [0.25, 0.3) is 0 Å². The third-order valence-electron chi connectivity index (χ3n) is 3.17. The van der Waals surface area contributed by atoms with E-state index in [4.69, 9.17) is 0 Å². The minimum atomic E-state index is 0.633. The molecule has 1 aliphatic heterocycles. The number of hydrazone groups is 1. The zero-order chi connectivity index (χ0) is 14.1. The summed E-state index contributed by atoms with van der Waals surface area (Å²) in [6.07, 6.45) is 1.90. The van der Waals surface area contributed by atoms with E-state index >= 15 is 0 Å². The number of aromatic nitrogens is 2. The van der Waals surface area contributed by atoms with Gasteiger partial charge >= 0.3 is 0 Å². The fraction of sp³-hybridized carbons (Fsp3) is 0.267. The van der Waals surface area contributed by atoms with E-state index in [-0.39, 0.29) is 0 Å². The molecule has 0 N–H and O–H groups in total. The summed E-state index contributed by atoms with van der Waals surface area (Å²) in [7, 11) is 0. The van der Waals surface area contributed by atoms with Crippen LogP contribution in [0.2, 0.25) is 0 Å². The Morgan fingerprint density at radius 2 is 1.90 bits per heavy atom. The van der Waals surface area contributed by atoms with Crippen molar-refractivity contribution in [3.8, 4) is 0 Å². The molecule has 102 valence electrons. The van der Waals surface area contributed by atoms with Crippen LogP contribution in [0.15, 0.2) is 33.8 Å². The molecule has 0 saturated heterocycles. The van der Waals surface area contributed by atoms with Crippen LogP contribution < -0.4 is 0 Å². The van der Waals surface area contributed by atoms with Gasteiger partial charge < -0.3 is 0 Å². The van der Waals surface area contributed by atoms with E-state index in [0.717, 1.165) is 33.8 Å². The van der Waals surface area contributed by atoms with E-state index < -0.39 is 0 Å². The summed E-state index contributed by atoms with van der Waals surface area (Å²) in [4.78, 5) is 8.93. The summed E-state index contributed by atoms with van der Waals surface area (Å²) in [5, 5.41) is 6.46. The van der Waals surface area contributed by atoms with E-state index in [9.17, 15) is 0 Å². The molecule has 0 spiro atoms. The van der Waals surface area contributed by atoms with Crippen molar-refractivity contribution in [1.29, 1.82) is 0 Å². The third-order valence-corrected chi connectivity index (χ3v) is 3.67. The van der Waals surface area contributed by atoms with Crippen LogP contribution in [0.3, 0.4) is 0 Å². The van der Waals surface area contributed by atoms with Gasteiger partial charge in [0.1, 0.15) is 5.82 Å². The summed E-state index contributed by atoms with van der Waals surface area (Å²) in [5.74, 6) is 0.820. The first-order chi connectivity index (χ1) is 9.60. The van der Waals surface area contributed by atoms with Gasteiger partial charge in [-0.15, -0.1) is 0 Å². The average molecular weight is 331 g/mol. The summed E-state index contributed by atoms with van der Waals surface area (Å²) >= 11 is 3.48. The fourth-order valence-corrected chi connectivity index (χ4v) is 2.72. The fourth-order valence-electron chi connectivity index (χ4n) is 2.34. The molecule has 1 aromatic heterocycles. The van der Waals surface area contributed by atoms with Crippen LogP contribution in [0.5, 0.6) is 0 Å². The average Bonchev–Trinajstić information content (AvgIpc) is 2.38. The molecule has 0 radical (unpaired) electrons. The Morgan fingerprint density at radius 3 is 2.65 bits per heavy atom. The number of rotatable bonds is 2. The predicted octanol–water partition coefficient (Wildman–Crippen LogP) is 3.21. The van der Waals surface area contributed by atoms with Crippen molar-refractivity contribution in [1.82, 2.24) is 15.0 Å². The standard InChI is InChI=1S/C15H15BrN4/c1-10-5-11(2)19-15(18-10)9-20-8-12-3-4-14(16)6-13(12)7-17-20/h3-7H,8-9H2,1-2H3. The van der Waals surface area contributed by atoms with Crippen molar-refractivity contribution in [2.24, 2.45) is 5.10 Å². The molecule has 0 amide bonds. The molecule has 2 aromatic rings. The first-order valence-corrected chi connectivity index (χ1v) is 7.28. The summed E-state index contributed by atoms with van der Waals surface area (Å²) in [6, 6.07) is 8.25. The lowest BCUT2D eigenvalue weighted by Crippen LogP contribution is -2.22. The highest BCUT2D eigenvalue weighted by molar-refractivity contribution is 9.10. The van der Waals surface area contributed by atoms with Gasteiger partial charge in [0, 0.05) is 21.4 Å². The van der Waals surface area contributed by atoms with Crippen molar-refractivity contribution >= 4 is 22.1 Å². The number of benzene rings is 1. The molecule has 0 atom stereocenters. The van der Waals surface area contributed by atoms with Gasteiger partial charge in [0.25, 0.3) is 0 Å². The first kappa shape index (κ1) is 13.2. The molecule has 2 heterocycles. The van der Waals surface area contributed by atoms with Crippen LogP contribution >= 0.6 is 15.9 Å². The summed E-state index contributed by atoms with van der Waals surface area (Å²) in [5.41, 5.74) is 4.43. The lowest BCUT2D eigenvalue weighted by Gasteiger charge is -2.23. The highest BCUT2D eigenvalue weighted by atomic mass is 79.9. The van der Waals surface area contributed by atoms with Gasteiger partial charge in [-0.2, -0.15) is 5.10 Å². The van der Waals surface area contributed by atoms with Gasteiger partial charge in [0.2, 0.25) is 0 Å². The molecule has 5 heteroatoms. The summed E-state index contributed by atoms with van der Waals surface area (Å²) in [6.45, 7) is 5.40. The highest BCUT2D eigenvalue weighted by Crippen LogP contribution is 2.21. The maximum Gasteiger partial charge on any atom is 0.149 e. The van der Waals surface area contributed by atoms with E-state index in [2.05, 4.69) is 49.2 Å². The van der Waals surface area contributed by atoms with Crippen LogP contribution in [-0.2, 0) is 13.1 Å². The normalized spacial score (nSPS) is 13.4. The maximum absolute atomic E-state index is 4.47. The second-order valence-corrected chi connectivity index (χ2v) is 5.89. The van der Waals surface area contributed by atoms with Crippen LogP contribution in [-0.4, -0.2) is 21.2 Å². The van der Waals surface area contributed by atoms with Crippen LogP contribution in [0.1, 0.15) is 28.3 Å². The van der Waals surface area contributed by atoms with Gasteiger partial charge in [-0.1, -0.05) is 22.0 Å². The number of hydrogen-bond donors (Lipinski definition) is 0. The minimum absolute atomic E-state index is 0.633. The van der Waals surface area contributed by atoms with Gasteiger partial charge in [-0.3, -0.25) is 5.01 Å². The lowest BCUT2D eigenvalue weighted by atomic mass is 10.1. The van der Waals surface area contributed by atoms with Crippen molar-refractivity contribution < 1.29 is 0 Å². The molecule has 4 nitrogen and oxygen atoms in total. The molecule has 20 heavy (non-hydrogen) atoms. The smallest absolute Gasteiger partial charge is 0.149 e. The second kappa shape index (κ2) is 5.32. The van der Waals surface area contributed by atoms with Crippen molar-refractivity contribution in [2.45, 2.75) is 26.9 Å².